The van der Waals surface area contributed by atoms with Crippen LogP contribution in [0.4, 0.5) is 0 Å². The average molecular weight is 1180 g/mol. The van der Waals surface area contributed by atoms with Crippen molar-refractivity contribution in [2.75, 3.05) is 0 Å². The van der Waals surface area contributed by atoms with E-state index in [4.69, 9.17) is 9.72 Å². The molecule has 0 atom stereocenters. The predicted octanol–water partition coefficient (Wildman–Crippen LogP) is 18.3. The van der Waals surface area contributed by atoms with E-state index in [9.17, 15) is 0 Å². The second kappa shape index (κ2) is 19.2. The van der Waals surface area contributed by atoms with Gasteiger partial charge in [0, 0.05) is 6.20 Å². The second-order valence-corrected chi connectivity index (χ2v) is 22.9. The summed E-state index contributed by atoms with van der Waals surface area (Å²) in [6, 6.07) is 80.3. The van der Waals surface area contributed by atoms with Crippen molar-refractivity contribution in [2.45, 2.75) is 70.6 Å². The molecule has 6 heteroatoms. The summed E-state index contributed by atoms with van der Waals surface area (Å²) in [7, 11) is 0. The number of nitrogens with zero attached hydrogens (tertiary/aromatic N) is 4. The van der Waals surface area contributed by atoms with E-state index in [2.05, 4.69) is 260 Å². The molecule has 9 aromatic carbocycles. The Morgan fingerprint density at radius 3 is 1.99 bits per heavy atom. The number of imidazole rings is 1. The molecule has 0 spiro atoms. The zero-order valence-corrected chi connectivity index (χ0v) is 45.7. The molecular weight excluding hydrogens is 1120 g/mol. The van der Waals surface area contributed by atoms with Gasteiger partial charge in [0.2, 0.25) is 0 Å². The van der Waals surface area contributed by atoms with Gasteiger partial charge < -0.3 is 0 Å². The summed E-state index contributed by atoms with van der Waals surface area (Å²) in [6.45, 7) is 6.77. The number of hydrogen-bond donors (Lipinski definition) is 0. The van der Waals surface area contributed by atoms with Crippen LogP contribution in [0.15, 0.2) is 206 Å². The van der Waals surface area contributed by atoms with E-state index in [1.165, 1.54) is 98.7 Å². The molecule has 0 N–H and O–H groups in total. The zero-order chi connectivity index (χ0) is 51.8. The number of para-hydroxylation sites is 2. The molecule has 77 heavy (non-hydrogen) atoms. The third-order valence-electron chi connectivity index (χ3n) is 16.2. The van der Waals surface area contributed by atoms with Gasteiger partial charge in [-0.3, -0.25) is 0 Å². The normalized spacial score (nSPS) is 13.6. The first-order valence-electron chi connectivity index (χ1n) is 27.1. The number of fused-ring (bicyclic) bond motifs is 7. The summed E-state index contributed by atoms with van der Waals surface area (Å²) in [5.41, 5.74) is 21.3. The van der Waals surface area contributed by atoms with E-state index in [1.807, 2.05) is 12.3 Å². The van der Waals surface area contributed by atoms with Crippen molar-refractivity contribution in [1.29, 1.82) is 0 Å². The fourth-order valence-electron chi connectivity index (χ4n) is 12.4. The zero-order valence-electron chi connectivity index (χ0n) is 43.5. The summed E-state index contributed by atoms with van der Waals surface area (Å²) in [4.78, 5) is 5.00. The van der Waals surface area contributed by atoms with Crippen LogP contribution in [-0.2, 0) is 31.2 Å². The molecule has 1 saturated carbocycles. The van der Waals surface area contributed by atoms with Crippen LogP contribution in [0.2, 0.25) is 0 Å². The Balaban J connectivity index is 0.912. The third kappa shape index (κ3) is 8.35. The molecule has 0 amide bonds. The fourth-order valence-corrected chi connectivity index (χ4v) is 13.4. The van der Waals surface area contributed by atoms with Gasteiger partial charge in [0.1, 0.15) is 0 Å². The average Bonchev–Trinajstić information content (AvgIpc) is 4.23. The molecule has 0 radical (unpaired) electrons. The standard InChI is InChI=1S/C71H56N4O.Pt/c1-71(2,3)54-37-38-72-68(42-54)75-64-36-32-52(48-21-10-5-11-22-48)40-62(64)59-35-33-57(44-67(59)75)76-56-28-18-27-55(43-56)73-46-74(66-30-17-16-29-65(66)73)70-60(49-23-12-6-13-24-49)45-61-58-34-31-51(47-19-8-4-9-20-47)39-53(58)41-63(61)69(70)50-25-14-7-15-26-50;/h4,6-9,12-20,23-40,42,45,48H,5,10-11,21-22,41H2,1-3H3;/q-2;. The molecule has 1 fully saturated rings. The van der Waals surface area contributed by atoms with Crippen molar-refractivity contribution in [2.24, 2.45) is 0 Å². The van der Waals surface area contributed by atoms with Gasteiger partial charge in [-0.05, 0) is 41.4 Å². The minimum atomic E-state index is -0.0402. The molecule has 0 bridgehead atoms. The molecule has 0 unspecified atom stereocenters. The number of ether oxygens (including phenoxy) is 1. The summed E-state index contributed by atoms with van der Waals surface area (Å²) >= 11 is 2.54. The minimum absolute atomic E-state index is 0.0402. The molecule has 0 aliphatic heterocycles. The summed E-state index contributed by atoms with van der Waals surface area (Å²) in [5, 5.41) is 2.36. The van der Waals surface area contributed by atoms with Gasteiger partial charge in [-0.15, -0.1) is 0 Å². The van der Waals surface area contributed by atoms with E-state index in [0.717, 1.165) is 60.4 Å². The molecule has 3 heterocycles. The SMILES string of the molecule is CC(C)(C)c1ccnc(-n2c3[c-]c(Oc4[c-]c(-n5[c](=[Pt])n(-c6c(-c7ccccc7)cc7c(c6-c6ccccc6)Cc6cc(-c8ccccc8)ccc6-7)c6ccccc65)ccc4)ccc3c3cc(C4CCCCC4)ccc32)c1. The molecule has 3 aromatic heterocycles. The fraction of sp³-hybridized carbons (Fsp3) is 0.155. The van der Waals surface area contributed by atoms with Crippen LogP contribution in [-0.4, -0.2) is 18.7 Å². The molecule has 14 rings (SSSR count). The van der Waals surface area contributed by atoms with Crippen molar-refractivity contribution in [1.82, 2.24) is 18.7 Å². The topological polar surface area (TPSA) is 36.9 Å². The first kappa shape index (κ1) is 47.3. The van der Waals surface area contributed by atoms with Crippen LogP contribution in [0.5, 0.6) is 11.5 Å². The van der Waals surface area contributed by atoms with Crippen LogP contribution in [0.1, 0.15) is 81.0 Å². The van der Waals surface area contributed by atoms with Crippen molar-refractivity contribution >= 4 is 32.8 Å². The number of benzene rings is 9. The predicted molar refractivity (Wildman–Crippen MR) is 311 cm³/mol. The van der Waals surface area contributed by atoms with Gasteiger partial charge in [-0.2, -0.15) is 0 Å². The number of aromatic nitrogens is 4. The van der Waals surface area contributed by atoms with E-state index in [1.54, 1.807) is 0 Å². The molecule has 0 saturated heterocycles. The molecule has 5 nitrogen and oxygen atoms in total. The van der Waals surface area contributed by atoms with Gasteiger partial charge in [-0.25, -0.2) is 0 Å². The van der Waals surface area contributed by atoms with Gasteiger partial charge in [-0.1, -0.05) is 52.2 Å². The van der Waals surface area contributed by atoms with Crippen molar-refractivity contribution < 1.29 is 24.1 Å². The van der Waals surface area contributed by atoms with Crippen molar-refractivity contribution in [3.8, 4) is 73.2 Å². The quantitative estimate of drug-likeness (QED) is 0.135. The van der Waals surface area contributed by atoms with Crippen molar-refractivity contribution in [3.63, 3.8) is 0 Å². The van der Waals surface area contributed by atoms with E-state index < -0.39 is 0 Å². The third-order valence-corrected chi connectivity index (χ3v) is 17.2. The van der Waals surface area contributed by atoms with Gasteiger partial charge in [0.05, 0.1) is 0 Å². The summed E-state index contributed by atoms with van der Waals surface area (Å²) in [6.07, 6.45) is 9.20. The van der Waals surface area contributed by atoms with E-state index in [-0.39, 0.29) is 5.41 Å². The van der Waals surface area contributed by atoms with Crippen molar-refractivity contribution in [3.05, 3.63) is 245 Å². The molecule has 12 aromatic rings. The molecule has 2 aliphatic rings. The monoisotopic (exact) mass is 1180 g/mol. The van der Waals surface area contributed by atoms with Crippen LogP contribution in [0.3, 0.4) is 0 Å². The van der Waals surface area contributed by atoms with Crippen LogP contribution in [0.25, 0.3) is 94.5 Å². The Bertz CT molecular complexity index is 4310. The molecule has 2 aliphatic carbocycles. The maximum atomic E-state index is 6.88. The summed E-state index contributed by atoms with van der Waals surface area (Å²) < 4.78 is 15.0. The number of rotatable bonds is 9. The second-order valence-electron chi connectivity index (χ2n) is 21.9. The van der Waals surface area contributed by atoms with Gasteiger partial charge >= 0.3 is 364 Å². The van der Waals surface area contributed by atoms with Gasteiger partial charge in [0.25, 0.3) is 0 Å². The van der Waals surface area contributed by atoms with Crippen LogP contribution < -0.4 is 4.74 Å². The van der Waals surface area contributed by atoms with E-state index in [0.29, 0.717) is 17.4 Å². The molecule has 378 valence electrons. The number of hydrogen-bond acceptors (Lipinski definition) is 2. The molecular formula is C71H56N4OPt-2. The Kier molecular flexibility index (Phi) is 11.8. The summed E-state index contributed by atoms with van der Waals surface area (Å²) in [5.74, 6) is 2.69. The van der Waals surface area contributed by atoms with Gasteiger partial charge in [0.15, 0.2) is 0 Å². The van der Waals surface area contributed by atoms with E-state index >= 15 is 0 Å². The van der Waals surface area contributed by atoms with Crippen LogP contribution in [0, 0.1) is 15.9 Å². The Morgan fingerprint density at radius 2 is 1.23 bits per heavy atom. The Labute approximate surface area is 461 Å². The first-order valence-corrected chi connectivity index (χ1v) is 28.2. The Morgan fingerprint density at radius 1 is 0.532 bits per heavy atom. The first-order chi connectivity index (χ1) is 37.7. The van der Waals surface area contributed by atoms with Crippen LogP contribution >= 0.6 is 0 Å². The number of pyridine rings is 1. The maximum absolute atomic E-state index is 6.88. The Hall–Kier alpha value is -8.11.